The highest BCUT2D eigenvalue weighted by molar-refractivity contribution is 5.09. The van der Waals surface area contributed by atoms with Crippen LogP contribution in [0.5, 0.6) is 0 Å². The van der Waals surface area contributed by atoms with E-state index in [1.54, 1.807) is 0 Å². The van der Waals surface area contributed by atoms with Crippen molar-refractivity contribution >= 4 is 0 Å². The van der Waals surface area contributed by atoms with Crippen molar-refractivity contribution in [2.75, 3.05) is 7.05 Å². The number of hydrogen-bond acceptors (Lipinski definition) is 1. The van der Waals surface area contributed by atoms with Crippen LogP contribution in [0.25, 0.3) is 0 Å². The number of nitrogens with zero attached hydrogens (tertiary/aromatic N) is 1. The van der Waals surface area contributed by atoms with E-state index in [-0.39, 0.29) is 0 Å². The minimum atomic E-state index is 1.13. The summed E-state index contributed by atoms with van der Waals surface area (Å²) in [5.74, 6) is 0. The van der Waals surface area contributed by atoms with Crippen LogP contribution in [0.15, 0.2) is 24.6 Å². The van der Waals surface area contributed by atoms with Crippen LogP contribution < -0.4 is 0 Å². The average Bonchev–Trinajstić information content (AvgIpc) is 2.04. The number of allylic oxidation sites excluding steroid dienone is 2. The predicted octanol–water partition coefficient (Wildman–Crippen LogP) is 3.16. The summed E-state index contributed by atoms with van der Waals surface area (Å²) >= 11 is 0. The fourth-order valence-electron chi connectivity index (χ4n) is 1.06. The molecule has 0 aromatic heterocycles. The van der Waals surface area contributed by atoms with Crippen LogP contribution >= 0.6 is 0 Å². The molecule has 1 aliphatic heterocycles. The SMILES string of the molecule is C=C1CCCC(=C)N1C.CC. The van der Waals surface area contributed by atoms with Crippen molar-refractivity contribution in [3.8, 4) is 0 Å². The van der Waals surface area contributed by atoms with Crippen LogP contribution in [0.1, 0.15) is 33.1 Å². The van der Waals surface area contributed by atoms with Crippen molar-refractivity contribution in [1.82, 2.24) is 4.90 Å². The summed E-state index contributed by atoms with van der Waals surface area (Å²) in [5, 5.41) is 0. The molecule has 0 unspecified atom stereocenters. The van der Waals surface area contributed by atoms with Gasteiger partial charge in [0.25, 0.3) is 0 Å². The molecular formula is C10H19N. The molecule has 64 valence electrons. The Labute approximate surface area is 70.4 Å². The normalized spacial score (nSPS) is 17.5. The summed E-state index contributed by atoms with van der Waals surface area (Å²) in [6.45, 7) is 11.8. The van der Waals surface area contributed by atoms with Gasteiger partial charge in [-0.2, -0.15) is 0 Å². The van der Waals surface area contributed by atoms with E-state index in [0.29, 0.717) is 0 Å². The summed E-state index contributed by atoms with van der Waals surface area (Å²) in [6, 6.07) is 0. The molecule has 1 heteroatoms. The van der Waals surface area contributed by atoms with Crippen molar-refractivity contribution < 1.29 is 0 Å². The van der Waals surface area contributed by atoms with Gasteiger partial charge in [-0.05, 0) is 19.3 Å². The first-order valence-corrected chi connectivity index (χ1v) is 4.31. The first kappa shape index (κ1) is 10.3. The van der Waals surface area contributed by atoms with Crippen molar-refractivity contribution in [2.45, 2.75) is 33.1 Å². The Hall–Kier alpha value is -0.720. The van der Waals surface area contributed by atoms with Crippen LogP contribution in [0, 0.1) is 0 Å². The molecule has 11 heavy (non-hydrogen) atoms. The zero-order valence-corrected chi connectivity index (χ0v) is 7.98. The largest absolute Gasteiger partial charge is 0.353 e. The maximum Gasteiger partial charge on any atom is 0.0111 e. The van der Waals surface area contributed by atoms with Crippen molar-refractivity contribution in [2.24, 2.45) is 0 Å². The third-order valence-electron chi connectivity index (χ3n) is 1.88. The molecule has 1 heterocycles. The summed E-state index contributed by atoms with van der Waals surface area (Å²) in [6.07, 6.45) is 3.49. The lowest BCUT2D eigenvalue weighted by Crippen LogP contribution is -2.19. The maximum absolute atomic E-state index is 3.91. The second-order valence-corrected chi connectivity index (χ2v) is 2.55. The standard InChI is InChI=1S/C8H13N.C2H6/c1-7-5-4-6-8(2)9(7)3;1-2/h1-2,4-6H2,3H3;1-2H3. The Morgan fingerprint density at radius 2 is 1.45 bits per heavy atom. The monoisotopic (exact) mass is 153 g/mol. The molecule has 1 fully saturated rings. The van der Waals surface area contributed by atoms with Crippen LogP contribution in [-0.2, 0) is 0 Å². The zero-order valence-electron chi connectivity index (χ0n) is 7.98. The molecule has 0 radical (unpaired) electrons. The summed E-state index contributed by atoms with van der Waals surface area (Å²) in [5.41, 5.74) is 2.40. The smallest absolute Gasteiger partial charge is 0.0111 e. The van der Waals surface area contributed by atoms with Gasteiger partial charge in [0.15, 0.2) is 0 Å². The highest BCUT2D eigenvalue weighted by atomic mass is 15.1. The Morgan fingerprint density at radius 1 is 1.09 bits per heavy atom. The predicted molar refractivity (Wildman–Crippen MR) is 51.2 cm³/mol. The first-order chi connectivity index (χ1) is 5.22. The van der Waals surface area contributed by atoms with E-state index in [1.165, 1.54) is 17.8 Å². The molecule has 0 saturated carbocycles. The molecule has 0 atom stereocenters. The van der Waals surface area contributed by atoms with Gasteiger partial charge in [-0.25, -0.2) is 0 Å². The zero-order chi connectivity index (χ0) is 8.85. The van der Waals surface area contributed by atoms with Gasteiger partial charge < -0.3 is 4.90 Å². The van der Waals surface area contributed by atoms with Crippen molar-refractivity contribution in [3.63, 3.8) is 0 Å². The molecule has 0 aliphatic carbocycles. The molecule has 0 bridgehead atoms. The van der Waals surface area contributed by atoms with Gasteiger partial charge in [0.2, 0.25) is 0 Å². The molecule has 1 saturated heterocycles. The van der Waals surface area contributed by atoms with Crippen molar-refractivity contribution in [1.29, 1.82) is 0 Å². The molecule has 0 N–H and O–H groups in total. The number of piperidine rings is 1. The third-order valence-corrected chi connectivity index (χ3v) is 1.88. The number of likely N-dealkylation sites (tertiary alicyclic amines) is 1. The van der Waals surface area contributed by atoms with Crippen LogP contribution in [0.4, 0.5) is 0 Å². The summed E-state index contributed by atoms with van der Waals surface area (Å²) in [7, 11) is 2.03. The van der Waals surface area contributed by atoms with E-state index in [9.17, 15) is 0 Å². The third kappa shape index (κ3) is 2.79. The maximum atomic E-state index is 3.91. The molecule has 1 rings (SSSR count). The van der Waals surface area contributed by atoms with Crippen LogP contribution in [-0.4, -0.2) is 11.9 Å². The topological polar surface area (TPSA) is 3.24 Å². The lowest BCUT2D eigenvalue weighted by atomic mass is 10.1. The Kier molecular flexibility index (Phi) is 4.67. The quantitative estimate of drug-likeness (QED) is 0.516. The van der Waals surface area contributed by atoms with Gasteiger partial charge in [0, 0.05) is 18.4 Å². The molecular weight excluding hydrogens is 134 g/mol. The van der Waals surface area contributed by atoms with Gasteiger partial charge in [-0.3, -0.25) is 0 Å². The molecule has 0 spiro atoms. The van der Waals surface area contributed by atoms with E-state index in [4.69, 9.17) is 0 Å². The molecule has 0 aromatic rings. The van der Waals surface area contributed by atoms with E-state index >= 15 is 0 Å². The van der Waals surface area contributed by atoms with E-state index < -0.39 is 0 Å². The second-order valence-electron chi connectivity index (χ2n) is 2.55. The fraction of sp³-hybridized carbons (Fsp3) is 0.600. The lowest BCUT2D eigenvalue weighted by Gasteiger charge is -2.28. The highest BCUT2D eigenvalue weighted by Crippen LogP contribution is 2.23. The number of rotatable bonds is 0. The first-order valence-electron chi connectivity index (χ1n) is 4.31. The molecule has 0 aromatic carbocycles. The molecule has 0 amide bonds. The van der Waals surface area contributed by atoms with E-state index in [1.807, 2.05) is 20.9 Å². The van der Waals surface area contributed by atoms with Gasteiger partial charge in [-0.1, -0.05) is 27.0 Å². The van der Waals surface area contributed by atoms with Gasteiger partial charge >= 0.3 is 0 Å². The minimum absolute atomic E-state index is 1.13. The summed E-state index contributed by atoms with van der Waals surface area (Å²) < 4.78 is 0. The van der Waals surface area contributed by atoms with Gasteiger partial charge in [0.05, 0.1) is 0 Å². The summed E-state index contributed by atoms with van der Waals surface area (Å²) in [4.78, 5) is 2.09. The van der Waals surface area contributed by atoms with Crippen LogP contribution in [0.2, 0.25) is 0 Å². The fourth-order valence-corrected chi connectivity index (χ4v) is 1.06. The number of hydrogen-bond donors (Lipinski definition) is 0. The van der Waals surface area contributed by atoms with Crippen LogP contribution in [0.3, 0.4) is 0 Å². The minimum Gasteiger partial charge on any atom is -0.353 e. The highest BCUT2D eigenvalue weighted by Gasteiger charge is 2.11. The van der Waals surface area contributed by atoms with Crippen molar-refractivity contribution in [3.05, 3.63) is 24.6 Å². The average molecular weight is 153 g/mol. The molecule has 1 nitrogen and oxygen atoms in total. The van der Waals surface area contributed by atoms with E-state index in [0.717, 1.165) is 12.8 Å². The Bertz CT molecular complexity index is 131. The lowest BCUT2D eigenvalue weighted by molar-refractivity contribution is 0.426. The van der Waals surface area contributed by atoms with E-state index in [2.05, 4.69) is 18.1 Å². The Morgan fingerprint density at radius 3 is 1.73 bits per heavy atom. The molecule has 1 aliphatic rings. The second kappa shape index (κ2) is 5.00. The Balaban J connectivity index is 0.000000461. The van der Waals surface area contributed by atoms with Gasteiger partial charge in [-0.15, -0.1) is 0 Å². The van der Waals surface area contributed by atoms with Gasteiger partial charge in [0.1, 0.15) is 0 Å².